The Morgan fingerprint density at radius 2 is 2.19 bits per heavy atom. The first kappa shape index (κ1) is 15.3. The van der Waals surface area contributed by atoms with Gasteiger partial charge in [-0.15, -0.1) is 10.2 Å². The Labute approximate surface area is 122 Å². The van der Waals surface area contributed by atoms with Gasteiger partial charge in [-0.3, -0.25) is 4.79 Å². The van der Waals surface area contributed by atoms with Crippen LogP contribution >= 0.6 is 0 Å². The van der Waals surface area contributed by atoms with Crippen molar-refractivity contribution in [2.75, 3.05) is 6.54 Å². The molecule has 0 saturated heterocycles. The van der Waals surface area contributed by atoms with E-state index >= 15 is 0 Å². The summed E-state index contributed by atoms with van der Waals surface area (Å²) in [6.45, 7) is 3.41. The minimum absolute atomic E-state index is 0.109. The third kappa shape index (κ3) is 3.93. The number of nitrogens with zero attached hydrogens (tertiary/aromatic N) is 3. The predicted octanol–water partition coefficient (Wildman–Crippen LogP) is 0.742. The number of carbonyl (C=O) groups excluding carboxylic acids is 1. The molecule has 8 nitrogen and oxygen atoms in total. The van der Waals surface area contributed by atoms with Crippen LogP contribution < -0.4 is 10.6 Å². The molecule has 1 aliphatic carbocycles. The number of hydrogen-bond donors (Lipinski definition) is 3. The Balaban J connectivity index is 1.76. The lowest BCUT2D eigenvalue weighted by Gasteiger charge is -2.40. The molecule has 0 bridgehead atoms. The maximum absolute atomic E-state index is 11.8. The Morgan fingerprint density at radius 3 is 2.76 bits per heavy atom. The van der Waals surface area contributed by atoms with Crippen LogP contribution in [0.3, 0.4) is 0 Å². The number of carboxylic acid groups (broad SMARTS) is 1. The first-order valence-electron chi connectivity index (χ1n) is 7.15. The minimum Gasteiger partial charge on any atom is -0.481 e. The largest absolute Gasteiger partial charge is 0.481 e. The zero-order chi connectivity index (χ0) is 15.3. The quantitative estimate of drug-likeness (QED) is 0.687. The zero-order valence-corrected chi connectivity index (χ0v) is 12.1. The van der Waals surface area contributed by atoms with Crippen LogP contribution in [0.1, 0.15) is 38.4 Å². The zero-order valence-electron chi connectivity index (χ0n) is 12.1. The van der Waals surface area contributed by atoms with E-state index in [1.54, 1.807) is 6.33 Å². The summed E-state index contributed by atoms with van der Waals surface area (Å²) in [5, 5.41) is 22.1. The fourth-order valence-electron chi connectivity index (χ4n) is 2.58. The Bertz CT molecular complexity index is 510. The molecule has 1 aromatic heterocycles. The Hall–Kier alpha value is -2.12. The van der Waals surface area contributed by atoms with Crippen LogP contribution in [-0.2, 0) is 17.9 Å². The molecule has 0 atom stereocenters. The number of carbonyl (C=O) groups is 2. The van der Waals surface area contributed by atoms with E-state index in [0.717, 1.165) is 25.8 Å². The van der Waals surface area contributed by atoms with E-state index < -0.39 is 5.97 Å². The van der Waals surface area contributed by atoms with Gasteiger partial charge in [-0.2, -0.15) is 0 Å². The molecule has 3 N–H and O–H groups in total. The van der Waals surface area contributed by atoms with Gasteiger partial charge in [0.1, 0.15) is 6.33 Å². The second-order valence-corrected chi connectivity index (χ2v) is 5.49. The summed E-state index contributed by atoms with van der Waals surface area (Å²) in [6.07, 6.45) is 4.45. The van der Waals surface area contributed by atoms with E-state index in [2.05, 4.69) is 20.8 Å². The molecule has 1 aliphatic rings. The number of aliphatic carboxylic acids is 1. The topological polar surface area (TPSA) is 109 Å². The van der Waals surface area contributed by atoms with Crippen molar-refractivity contribution in [3.63, 3.8) is 0 Å². The average Bonchev–Trinajstić information content (AvgIpc) is 2.86. The van der Waals surface area contributed by atoms with Gasteiger partial charge >= 0.3 is 12.0 Å². The molecule has 1 saturated carbocycles. The standard InChI is InChI=1S/C13H21N5O3/c1-2-18-9-16-17-10(18)7-14-12(21)15-8-13(4-3-5-13)6-11(19)20/h9H,2-8H2,1H3,(H,19,20)(H2,14,15,21). The van der Waals surface area contributed by atoms with E-state index in [-0.39, 0.29) is 17.9 Å². The van der Waals surface area contributed by atoms with Gasteiger partial charge in [0, 0.05) is 13.1 Å². The summed E-state index contributed by atoms with van der Waals surface area (Å²) in [7, 11) is 0. The summed E-state index contributed by atoms with van der Waals surface area (Å²) >= 11 is 0. The van der Waals surface area contributed by atoms with Crippen LogP contribution in [0, 0.1) is 5.41 Å². The number of urea groups is 1. The average molecular weight is 295 g/mol. The highest BCUT2D eigenvalue weighted by molar-refractivity contribution is 5.74. The molecule has 8 heteroatoms. The van der Waals surface area contributed by atoms with Crippen molar-refractivity contribution in [2.45, 2.75) is 45.7 Å². The third-order valence-corrected chi connectivity index (χ3v) is 4.01. The molecule has 2 amide bonds. The molecule has 1 heterocycles. The van der Waals surface area contributed by atoms with Gasteiger partial charge in [0.05, 0.1) is 13.0 Å². The van der Waals surface area contributed by atoms with Crippen molar-refractivity contribution in [3.8, 4) is 0 Å². The number of carboxylic acids is 1. The molecule has 0 aromatic carbocycles. The molecule has 0 unspecified atom stereocenters. The molecule has 0 radical (unpaired) electrons. The summed E-state index contributed by atoms with van der Waals surface area (Å²) in [5.41, 5.74) is -0.271. The highest BCUT2D eigenvalue weighted by atomic mass is 16.4. The molecule has 2 rings (SSSR count). The molecular weight excluding hydrogens is 274 g/mol. The number of rotatable bonds is 7. The highest BCUT2D eigenvalue weighted by Crippen LogP contribution is 2.43. The van der Waals surface area contributed by atoms with Crippen LogP contribution in [-0.4, -0.2) is 38.4 Å². The summed E-state index contributed by atoms with van der Waals surface area (Å²) in [4.78, 5) is 22.6. The number of hydrogen-bond acceptors (Lipinski definition) is 4. The first-order valence-corrected chi connectivity index (χ1v) is 7.15. The fourth-order valence-corrected chi connectivity index (χ4v) is 2.58. The Kier molecular flexibility index (Phi) is 4.77. The normalized spacial score (nSPS) is 16.0. The SMILES string of the molecule is CCn1cnnc1CNC(=O)NCC1(CC(=O)O)CCC1. The van der Waals surface area contributed by atoms with E-state index in [9.17, 15) is 9.59 Å². The number of aromatic nitrogens is 3. The van der Waals surface area contributed by atoms with Gasteiger partial charge in [-0.1, -0.05) is 6.42 Å². The van der Waals surface area contributed by atoms with Gasteiger partial charge in [0.2, 0.25) is 0 Å². The lowest BCUT2D eigenvalue weighted by Crippen LogP contribution is -2.46. The van der Waals surface area contributed by atoms with Crippen LogP contribution in [0.15, 0.2) is 6.33 Å². The van der Waals surface area contributed by atoms with E-state index in [1.165, 1.54) is 0 Å². The van der Waals surface area contributed by atoms with Crippen LogP contribution in [0.4, 0.5) is 4.79 Å². The monoisotopic (exact) mass is 295 g/mol. The summed E-state index contributed by atoms with van der Waals surface area (Å²) < 4.78 is 1.85. The van der Waals surface area contributed by atoms with Gasteiger partial charge < -0.3 is 20.3 Å². The van der Waals surface area contributed by atoms with E-state index in [4.69, 9.17) is 5.11 Å². The molecule has 116 valence electrons. The minimum atomic E-state index is -0.812. The molecule has 0 spiro atoms. The molecule has 1 aromatic rings. The van der Waals surface area contributed by atoms with Crippen molar-refractivity contribution in [1.29, 1.82) is 0 Å². The number of aryl methyl sites for hydroxylation is 1. The lowest BCUT2D eigenvalue weighted by atomic mass is 9.66. The van der Waals surface area contributed by atoms with E-state index in [0.29, 0.717) is 18.9 Å². The summed E-state index contributed by atoms with van der Waals surface area (Å²) in [5.74, 6) is -0.121. The smallest absolute Gasteiger partial charge is 0.315 e. The molecule has 21 heavy (non-hydrogen) atoms. The fraction of sp³-hybridized carbons (Fsp3) is 0.692. The maximum atomic E-state index is 11.8. The summed E-state index contributed by atoms with van der Waals surface area (Å²) in [6, 6.07) is -0.308. The first-order chi connectivity index (χ1) is 10.0. The van der Waals surface area contributed by atoms with Gasteiger partial charge in [0.15, 0.2) is 5.82 Å². The van der Waals surface area contributed by atoms with Gasteiger partial charge in [0.25, 0.3) is 0 Å². The van der Waals surface area contributed by atoms with Crippen molar-refractivity contribution in [1.82, 2.24) is 25.4 Å². The van der Waals surface area contributed by atoms with Gasteiger partial charge in [-0.25, -0.2) is 4.79 Å². The van der Waals surface area contributed by atoms with Crippen molar-refractivity contribution in [2.24, 2.45) is 5.41 Å². The van der Waals surface area contributed by atoms with Crippen molar-refractivity contribution >= 4 is 12.0 Å². The maximum Gasteiger partial charge on any atom is 0.315 e. The van der Waals surface area contributed by atoms with E-state index in [1.807, 2.05) is 11.5 Å². The predicted molar refractivity (Wildman–Crippen MR) is 74.5 cm³/mol. The molecule has 1 fully saturated rings. The second kappa shape index (κ2) is 6.55. The molecular formula is C13H21N5O3. The highest BCUT2D eigenvalue weighted by Gasteiger charge is 2.39. The lowest BCUT2D eigenvalue weighted by molar-refractivity contribution is -0.141. The number of nitrogens with one attached hydrogen (secondary N) is 2. The Morgan fingerprint density at radius 1 is 1.43 bits per heavy atom. The van der Waals surface area contributed by atoms with Gasteiger partial charge in [-0.05, 0) is 25.2 Å². The molecule has 0 aliphatic heterocycles. The second-order valence-electron chi connectivity index (χ2n) is 5.49. The third-order valence-electron chi connectivity index (χ3n) is 4.01. The van der Waals surface area contributed by atoms with Crippen LogP contribution in [0.2, 0.25) is 0 Å². The number of amides is 2. The van der Waals surface area contributed by atoms with Crippen LogP contribution in [0.25, 0.3) is 0 Å². The van der Waals surface area contributed by atoms with Crippen molar-refractivity contribution < 1.29 is 14.7 Å². The van der Waals surface area contributed by atoms with Crippen molar-refractivity contribution in [3.05, 3.63) is 12.2 Å². The van der Waals surface area contributed by atoms with Crippen LogP contribution in [0.5, 0.6) is 0 Å².